The van der Waals surface area contributed by atoms with Crippen LogP contribution in [0.25, 0.3) is 0 Å². The average Bonchev–Trinajstić information content (AvgIpc) is 2.48. The van der Waals surface area contributed by atoms with Gasteiger partial charge in [0.15, 0.2) is 0 Å². The molecule has 5 nitrogen and oxygen atoms in total. The van der Waals surface area contributed by atoms with Crippen molar-refractivity contribution in [1.82, 2.24) is 0 Å². The van der Waals surface area contributed by atoms with Crippen molar-refractivity contribution in [3.63, 3.8) is 0 Å². The van der Waals surface area contributed by atoms with E-state index in [-0.39, 0.29) is 11.5 Å². The van der Waals surface area contributed by atoms with E-state index in [1.807, 2.05) is 0 Å². The van der Waals surface area contributed by atoms with Crippen molar-refractivity contribution < 1.29 is 18.3 Å². The fraction of sp³-hybridized carbons (Fsp3) is 0.143. The van der Waals surface area contributed by atoms with Gasteiger partial charge in [-0.1, -0.05) is 11.6 Å². The number of hydrogen-bond acceptors (Lipinski definition) is 4. The van der Waals surface area contributed by atoms with E-state index in [1.54, 1.807) is 24.3 Å². The summed E-state index contributed by atoms with van der Waals surface area (Å²) in [7, 11) is -2.29. The first-order valence-corrected chi connectivity index (χ1v) is 7.88. The van der Waals surface area contributed by atoms with E-state index in [0.29, 0.717) is 22.0 Å². The highest BCUT2D eigenvalue weighted by Gasteiger charge is 2.16. The van der Waals surface area contributed by atoms with Crippen molar-refractivity contribution >= 4 is 27.3 Å². The molecule has 0 fully saturated rings. The summed E-state index contributed by atoms with van der Waals surface area (Å²) >= 11 is 5.75. The standard InChI is InChI=1S/C14H14ClNO4S/c1-20-14-7-6-13(8-10(14)9-17)21(18,19)16-12-4-2-11(15)3-5-12/h2-8,16-17H,9H2,1H3. The summed E-state index contributed by atoms with van der Waals surface area (Å²) in [6.07, 6.45) is 0. The van der Waals surface area contributed by atoms with Gasteiger partial charge >= 0.3 is 0 Å². The second kappa shape index (κ2) is 6.34. The molecule has 0 aromatic heterocycles. The quantitative estimate of drug-likeness (QED) is 0.885. The maximum Gasteiger partial charge on any atom is 0.261 e. The zero-order valence-corrected chi connectivity index (χ0v) is 12.8. The minimum Gasteiger partial charge on any atom is -0.496 e. The van der Waals surface area contributed by atoms with Crippen molar-refractivity contribution in [2.24, 2.45) is 0 Å². The Kier molecular flexibility index (Phi) is 4.72. The Morgan fingerprint density at radius 2 is 1.86 bits per heavy atom. The van der Waals surface area contributed by atoms with Crippen LogP contribution in [0, 0.1) is 0 Å². The van der Waals surface area contributed by atoms with Crippen molar-refractivity contribution in [2.45, 2.75) is 11.5 Å². The molecule has 2 N–H and O–H groups in total. The highest BCUT2D eigenvalue weighted by Crippen LogP contribution is 2.24. The molecule has 7 heteroatoms. The Morgan fingerprint density at radius 3 is 2.43 bits per heavy atom. The van der Waals surface area contributed by atoms with Crippen LogP contribution >= 0.6 is 11.6 Å². The van der Waals surface area contributed by atoms with Gasteiger partial charge in [-0.3, -0.25) is 4.72 Å². The molecule has 0 atom stereocenters. The van der Waals surface area contributed by atoms with Gasteiger partial charge in [0.25, 0.3) is 10.0 Å². The first kappa shape index (κ1) is 15.6. The van der Waals surface area contributed by atoms with Crippen LogP contribution in [0.1, 0.15) is 5.56 Å². The number of aliphatic hydroxyl groups is 1. The lowest BCUT2D eigenvalue weighted by Crippen LogP contribution is -2.13. The van der Waals surface area contributed by atoms with Crippen molar-refractivity contribution in [1.29, 1.82) is 0 Å². The Hall–Kier alpha value is -1.76. The number of methoxy groups -OCH3 is 1. The molecule has 0 unspecified atom stereocenters. The zero-order chi connectivity index (χ0) is 15.5. The monoisotopic (exact) mass is 327 g/mol. The van der Waals surface area contributed by atoms with Crippen LogP contribution < -0.4 is 9.46 Å². The first-order valence-electron chi connectivity index (χ1n) is 6.02. The number of ether oxygens (including phenoxy) is 1. The van der Waals surface area contributed by atoms with Gasteiger partial charge < -0.3 is 9.84 Å². The average molecular weight is 328 g/mol. The van der Waals surface area contributed by atoms with E-state index in [2.05, 4.69) is 4.72 Å². The van der Waals surface area contributed by atoms with E-state index >= 15 is 0 Å². The van der Waals surface area contributed by atoms with Crippen molar-refractivity contribution in [3.05, 3.63) is 53.1 Å². The topological polar surface area (TPSA) is 75.6 Å². The first-order chi connectivity index (χ1) is 9.96. The number of benzene rings is 2. The second-order valence-corrected chi connectivity index (χ2v) is 6.36. The van der Waals surface area contributed by atoms with Gasteiger partial charge in [0.1, 0.15) is 5.75 Å². The molecule has 0 bridgehead atoms. The van der Waals surface area contributed by atoms with E-state index in [9.17, 15) is 13.5 Å². The minimum atomic E-state index is -3.74. The largest absolute Gasteiger partial charge is 0.496 e. The molecule has 0 radical (unpaired) electrons. The molecule has 21 heavy (non-hydrogen) atoms. The third-order valence-corrected chi connectivity index (χ3v) is 4.46. The van der Waals surface area contributed by atoms with Gasteiger partial charge in [-0.25, -0.2) is 8.42 Å². The van der Waals surface area contributed by atoms with E-state index in [0.717, 1.165) is 0 Å². The third kappa shape index (κ3) is 3.66. The molecule has 0 aliphatic heterocycles. The van der Waals surface area contributed by atoms with Crippen LogP contribution in [-0.4, -0.2) is 20.6 Å². The van der Waals surface area contributed by atoms with Crippen LogP contribution in [0.3, 0.4) is 0 Å². The number of aliphatic hydroxyl groups excluding tert-OH is 1. The van der Waals surface area contributed by atoms with E-state index in [4.69, 9.17) is 16.3 Å². The van der Waals surface area contributed by atoms with Gasteiger partial charge in [0, 0.05) is 16.3 Å². The summed E-state index contributed by atoms with van der Waals surface area (Å²) in [6.45, 7) is -0.312. The SMILES string of the molecule is COc1ccc(S(=O)(=O)Nc2ccc(Cl)cc2)cc1CO. The lowest BCUT2D eigenvalue weighted by Gasteiger charge is -2.11. The molecular weight excluding hydrogens is 314 g/mol. The molecule has 0 aliphatic carbocycles. The Morgan fingerprint density at radius 1 is 1.19 bits per heavy atom. The number of hydrogen-bond donors (Lipinski definition) is 2. The highest BCUT2D eigenvalue weighted by atomic mass is 35.5. The molecule has 2 rings (SSSR count). The van der Waals surface area contributed by atoms with Gasteiger partial charge in [-0.05, 0) is 42.5 Å². The molecular formula is C14H14ClNO4S. The fourth-order valence-corrected chi connectivity index (χ4v) is 3.01. The summed E-state index contributed by atoms with van der Waals surface area (Å²) in [5, 5.41) is 9.77. The Balaban J connectivity index is 2.33. The lowest BCUT2D eigenvalue weighted by molar-refractivity contribution is 0.273. The van der Waals surface area contributed by atoms with Crippen LogP contribution in [0.5, 0.6) is 5.75 Å². The van der Waals surface area contributed by atoms with E-state index < -0.39 is 10.0 Å². The summed E-state index contributed by atoms with van der Waals surface area (Å²) in [4.78, 5) is 0.0438. The van der Waals surface area contributed by atoms with Crippen LogP contribution in [0.4, 0.5) is 5.69 Å². The van der Waals surface area contributed by atoms with Crippen LogP contribution in [0.2, 0.25) is 5.02 Å². The van der Waals surface area contributed by atoms with Crippen LogP contribution in [-0.2, 0) is 16.6 Å². The number of rotatable bonds is 5. The summed E-state index contributed by atoms with van der Waals surface area (Å²) < 4.78 is 32.1. The van der Waals surface area contributed by atoms with Crippen molar-refractivity contribution in [2.75, 3.05) is 11.8 Å². The zero-order valence-electron chi connectivity index (χ0n) is 11.2. The molecule has 0 aliphatic rings. The number of anilines is 1. The second-order valence-electron chi connectivity index (χ2n) is 4.24. The molecule has 0 saturated heterocycles. The fourth-order valence-electron chi connectivity index (χ4n) is 1.78. The minimum absolute atomic E-state index is 0.0438. The molecule has 112 valence electrons. The normalized spacial score (nSPS) is 11.2. The molecule has 0 saturated carbocycles. The summed E-state index contributed by atoms with van der Waals surface area (Å²) in [5.41, 5.74) is 0.803. The number of nitrogens with one attached hydrogen (secondary N) is 1. The van der Waals surface area contributed by atoms with Gasteiger partial charge in [0.05, 0.1) is 18.6 Å². The molecule has 0 spiro atoms. The smallest absolute Gasteiger partial charge is 0.261 e. The number of halogens is 1. The third-order valence-electron chi connectivity index (χ3n) is 2.83. The Labute approximate surface area is 128 Å². The summed E-state index contributed by atoms with van der Waals surface area (Å²) in [6, 6.07) is 10.6. The predicted molar refractivity (Wildman–Crippen MR) is 81.2 cm³/mol. The van der Waals surface area contributed by atoms with Gasteiger partial charge in [-0.2, -0.15) is 0 Å². The van der Waals surface area contributed by atoms with Gasteiger partial charge in [-0.15, -0.1) is 0 Å². The van der Waals surface area contributed by atoms with Crippen molar-refractivity contribution in [3.8, 4) is 5.75 Å². The number of sulfonamides is 1. The summed E-state index contributed by atoms with van der Waals surface area (Å²) in [5.74, 6) is 0.433. The van der Waals surface area contributed by atoms with Gasteiger partial charge in [0.2, 0.25) is 0 Å². The highest BCUT2D eigenvalue weighted by molar-refractivity contribution is 7.92. The Bertz CT molecular complexity index is 729. The van der Waals surface area contributed by atoms with Crippen LogP contribution in [0.15, 0.2) is 47.4 Å². The maximum atomic E-state index is 12.3. The molecule has 2 aromatic carbocycles. The molecule has 0 amide bonds. The van der Waals surface area contributed by atoms with E-state index in [1.165, 1.54) is 25.3 Å². The lowest BCUT2D eigenvalue weighted by atomic mass is 10.2. The maximum absolute atomic E-state index is 12.3. The predicted octanol–water partition coefficient (Wildman–Crippen LogP) is 2.64. The molecule has 2 aromatic rings. The molecule has 0 heterocycles.